The highest BCUT2D eigenvalue weighted by molar-refractivity contribution is 5.93. The van der Waals surface area contributed by atoms with Gasteiger partial charge in [-0.25, -0.2) is 9.18 Å². The van der Waals surface area contributed by atoms with Gasteiger partial charge in [0.2, 0.25) is 0 Å². The molecule has 0 atom stereocenters. The third-order valence-electron chi connectivity index (χ3n) is 2.66. The molecule has 1 aromatic carbocycles. The summed E-state index contributed by atoms with van der Waals surface area (Å²) in [5, 5.41) is 8.76. The van der Waals surface area contributed by atoms with E-state index in [1.165, 1.54) is 34.1 Å². The van der Waals surface area contributed by atoms with E-state index in [0.717, 1.165) is 0 Å². The number of carboxylic acids is 1. The van der Waals surface area contributed by atoms with E-state index in [-0.39, 0.29) is 12.4 Å². The smallest absolute Gasteiger partial charge is 0.324 e. The lowest BCUT2D eigenvalue weighted by Gasteiger charge is -2.28. The molecule has 0 spiro atoms. The molecule has 1 rings (SSSR count). The van der Waals surface area contributed by atoms with Gasteiger partial charge in [0.05, 0.1) is 0 Å². The van der Waals surface area contributed by atoms with Crippen LogP contribution in [0.4, 0.5) is 14.9 Å². The van der Waals surface area contributed by atoms with Crippen LogP contribution in [0.5, 0.6) is 0 Å². The second-order valence-corrected chi connectivity index (χ2v) is 3.91. The number of urea groups is 1. The van der Waals surface area contributed by atoms with Crippen LogP contribution in [-0.4, -0.2) is 41.6 Å². The Morgan fingerprint density at radius 1 is 1.16 bits per heavy atom. The Kier molecular flexibility index (Phi) is 5.29. The molecule has 104 valence electrons. The number of hydrogen-bond acceptors (Lipinski definition) is 2. The topological polar surface area (TPSA) is 60.9 Å². The molecule has 0 aliphatic rings. The first-order valence-electron chi connectivity index (χ1n) is 6.03. The first-order chi connectivity index (χ1) is 8.99. The van der Waals surface area contributed by atoms with Gasteiger partial charge in [0.1, 0.15) is 12.4 Å². The molecule has 0 heterocycles. The Bertz CT molecular complexity index is 448. The fraction of sp³-hybridized carbons (Fsp3) is 0.385. The molecule has 0 unspecified atom stereocenters. The molecule has 0 aromatic heterocycles. The molecular formula is C13H17FN2O3. The number of halogens is 1. The number of amides is 2. The van der Waals surface area contributed by atoms with E-state index >= 15 is 0 Å². The minimum Gasteiger partial charge on any atom is -0.480 e. The van der Waals surface area contributed by atoms with Gasteiger partial charge in [-0.2, -0.15) is 0 Å². The Hall–Kier alpha value is -2.11. The number of anilines is 1. The first kappa shape index (κ1) is 14.9. The fourth-order valence-corrected chi connectivity index (χ4v) is 1.70. The van der Waals surface area contributed by atoms with E-state index in [1.807, 2.05) is 0 Å². The predicted octanol–water partition coefficient (Wildman–Crippen LogP) is 2.18. The van der Waals surface area contributed by atoms with Gasteiger partial charge in [0, 0.05) is 18.8 Å². The zero-order valence-corrected chi connectivity index (χ0v) is 11.0. The number of rotatable bonds is 5. The van der Waals surface area contributed by atoms with Gasteiger partial charge in [0.25, 0.3) is 0 Å². The van der Waals surface area contributed by atoms with Crippen LogP contribution in [0.15, 0.2) is 24.3 Å². The molecule has 0 saturated heterocycles. The van der Waals surface area contributed by atoms with Crippen LogP contribution in [0.25, 0.3) is 0 Å². The molecule has 0 radical (unpaired) electrons. The number of carbonyl (C=O) groups excluding carboxylic acids is 1. The van der Waals surface area contributed by atoms with Crippen LogP contribution in [0.2, 0.25) is 0 Å². The minimum absolute atomic E-state index is 0.294. The quantitative estimate of drug-likeness (QED) is 0.890. The van der Waals surface area contributed by atoms with E-state index in [9.17, 15) is 14.0 Å². The summed E-state index contributed by atoms with van der Waals surface area (Å²) in [5.41, 5.74) is 0.540. The summed E-state index contributed by atoms with van der Waals surface area (Å²) >= 11 is 0. The van der Waals surface area contributed by atoms with Gasteiger partial charge in [-0.05, 0) is 38.1 Å². The number of nitrogens with zero attached hydrogens (tertiary/aromatic N) is 2. The molecule has 5 nitrogen and oxygen atoms in total. The average Bonchev–Trinajstić information content (AvgIpc) is 2.38. The highest BCUT2D eigenvalue weighted by Gasteiger charge is 2.21. The fourth-order valence-electron chi connectivity index (χ4n) is 1.70. The van der Waals surface area contributed by atoms with Crippen LogP contribution in [0, 0.1) is 5.82 Å². The maximum absolute atomic E-state index is 12.9. The van der Waals surface area contributed by atoms with Gasteiger partial charge < -0.3 is 10.0 Å². The molecule has 0 bridgehead atoms. The third kappa shape index (κ3) is 3.94. The predicted molar refractivity (Wildman–Crippen MR) is 69.7 cm³/mol. The van der Waals surface area contributed by atoms with E-state index < -0.39 is 12.0 Å². The number of carboxylic acid groups (broad SMARTS) is 1. The second kappa shape index (κ2) is 6.72. The number of benzene rings is 1. The minimum atomic E-state index is -1.06. The Morgan fingerprint density at radius 2 is 1.74 bits per heavy atom. The summed E-state index contributed by atoms with van der Waals surface area (Å²) in [4.78, 5) is 25.6. The van der Waals surface area contributed by atoms with Gasteiger partial charge in [-0.15, -0.1) is 0 Å². The van der Waals surface area contributed by atoms with Crippen molar-refractivity contribution in [2.45, 2.75) is 13.8 Å². The second-order valence-electron chi connectivity index (χ2n) is 3.91. The lowest BCUT2D eigenvalue weighted by atomic mass is 10.3. The van der Waals surface area contributed by atoms with Crippen molar-refractivity contribution in [3.05, 3.63) is 30.1 Å². The van der Waals surface area contributed by atoms with Gasteiger partial charge in [0.15, 0.2) is 0 Å². The Morgan fingerprint density at radius 3 is 2.16 bits per heavy atom. The molecule has 2 amide bonds. The SMILES string of the molecule is CCN(CC(=O)O)C(=O)N(CC)c1ccc(F)cc1. The monoisotopic (exact) mass is 268 g/mol. The standard InChI is InChI=1S/C13H17FN2O3/c1-3-15(9-12(17)18)13(19)16(4-2)11-7-5-10(14)6-8-11/h5-8H,3-4,9H2,1-2H3,(H,17,18). The third-order valence-corrected chi connectivity index (χ3v) is 2.66. The van der Waals surface area contributed by atoms with Crippen molar-refractivity contribution in [3.63, 3.8) is 0 Å². The number of aliphatic carboxylic acids is 1. The van der Waals surface area contributed by atoms with E-state index in [2.05, 4.69) is 0 Å². The maximum Gasteiger partial charge on any atom is 0.324 e. The summed E-state index contributed by atoms with van der Waals surface area (Å²) in [6.07, 6.45) is 0. The molecule has 0 saturated carbocycles. The molecule has 19 heavy (non-hydrogen) atoms. The van der Waals surface area contributed by atoms with Crippen LogP contribution >= 0.6 is 0 Å². The molecule has 0 aliphatic carbocycles. The maximum atomic E-state index is 12.9. The summed E-state index contributed by atoms with van der Waals surface area (Å²) in [7, 11) is 0. The van der Waals surface area contributed by atoms with Crippen molar-refractivity contribution in [2.24, 2.45) is 0 Å². The van der Waals surface area contributed by atoms with Crippen molar-refractivity contribution in [3.8, 4) is 0 Å². The number of likely N-dealkylation sites (N-methyl/N-ethyl adjacent to an activating group) is 1. The summed E-state index contributed by atoms with van der Waals surface area (Å²) < 4.78 is 12.9. The molecule has 6 heteroatoms. The zero-order valence-electron chi connectivity index (χ0n) is 11.0. The molecule has 1 aromatic rings. The van der Waals surface area contributed by atoms with Crippen LogP contribution in [0.1, 0.15) is 13.8 Å². The highest BCUT2D eigenvalue weighted by Crippen LogP contribution is 2.16. The van der Waals surface area contributed by atoms with Crippen LogP contribution < -0.4 is 4.90 Å². The highest BCUT2D eigenvalue weighted by atomic mass is 19.1. The van der Waals surface area contributed by atoms with E-state index in [1.54, 1.807) is 13.8 Å². The van der Waals surface area contributed by atoms with E-state index in [4.69, 9.17) is 5.11 Å². The van der Waals surface area contributed by atoms with Crippen LogP contribution in [-0.2, 0) is 4.79 Å². The summed E-state index contributed by atoms with van der Waals surface area (Å²) in [5.74, 6) is -1.45. The van der Waals surface area contributed by atoms with Crippen molar-refractivity contribution in [2.75, 3.05) is 24.5 Å². The molecular weight excluding hydrogens is 251 g/mol. The lowest BCUT2D eigenvalue weighted by molar-refractivity contribution is -0.137. The first-order valence-corrected chi connectivity index (χ1v) is 6.03. The van der Waals surface area contributed by atoms with Crippen molar-refractivity contribution < 1.29 is 19.1 Å². The lowest BCUT2D eigenvalue weighted by Crippen LogP contribution is -2.45. The van der Waals surface area contributed by atoms with Gasteiger partial charge >= 0.3 is 12.0 Å². The Labute approximate surface area is 111 Å². The normalized spacial score (nSPS) is 10.1. The molecule has 0 aliphatic heterocycles. The van der Waals surface area contributed by atoms with Crippen molar-refractivity contribution in [1.82, 2.24) is 4.90 Å². The molecule has 1 N–H and O–H groups in total. The van der Waals surface area contributed by atoms with E-state index in [0.29, 0.717) is 18.8 Å². The summed E-state index contributed by atoms with van der Waals surface area (Å²) in [6.45, 7) is 3.80. The summed E-state index contributed by atoms with van der Waals surface area (Å²) in [6, 6.07) is 5.10. The molecule has 0 fully saturated rings. The van der Waals surface area contributed by atoms with Crippen molar-refractivity contribution >= 4 is 17.7 Å². The average molecular weight is 268 g/mol. The number of hydrogen-bond donors (Lipinski definition) is 1. The largest absolute Gasteiger partial charge is 0.480 e. The zero-order chi connectivity index (χ0) is 14.4. The van der Waals surface area contributed by atoms with Crippen molar-refractivity contribution in [1.29, 1.82) is 0 Å². The van der Waals surface area contributed by atoms with Gasteiger partial charge in [-0.1, -0.05) is 0 Å². The van der Waals surface area contributed by atoms with Gasteiger partial charge in [-0.3, -0.25) is 9.69 Å². The number of carbonyl (C=O) groups is 2. The van der Waals surface area contributed by atoms with Crippen LogP contribution in [0.3, 0.4) is 0 Å². The Balaban J connectivity index is 2.92.